The number of sulfonamides is 1. The van der Waals surface area contributed by atoms with Crippen molar-refractivity contribution in [2.24, 2.45) is 0 Å². The number of aromatic nitrogens is 1. The Morgan fingerprint density at radius 2 is 1.63 bits per heavy atom. The van der Waals surface area contributed by atoms with E-state index in [4.69, 9.17) is 0 Å². The van der Waals surface area contributed by atoms with Crippen LogP contribution in [0.4, 0.5) is 26.0 Å². The van der Waals surface area contributed by atoms with Gasteiger partial charge in [-0.05, 0) is 48.4 Å². The molecule has 0 bridgehead atoms. The van der Waals surface area contributed by atoms with Crippen molar-refractivity contribution < 1.29 is 17.2 Å². The van der Waals surface area contributed by atoms with Crippen LogP contribution in [0.5, 0.6) is 0 Å². The van der Waals surface area contributed by atoms with Gasteiger partial charge in [-0.25, -0.2) is 22.2 Å². The number of aryl methyl sites for hydroxylation is 1. The van der Waals surface area contributed by atoms with Gasteiger partial charge in [0.1, 0.15) is 23.1 Å². The Morgan fingerprint density at radius 1 is 0.963 bits per heavy atom. The Bertz CT molecular complexity index is 1020. The van der Waals surface area contributed by atoms with Gasteiger partial charge in [0.05, 0.1) is 16.8 Å². The van der Waals surface area contributed by atoms with Crippen LogP contribution in [-0.2, 0) is 16.4 Å². The van der Waals surface area contributed by atoms with E-state index in [2.05, 4.69) is 15.0 Å². The van der Waals surface area contributed by atoms with Crippen LogP contribution in [-0.4, -0.2) is 13.4 Å². The van der Waals surface area contributed by atoms with Gasteiger partial charge >= 0.3 is 0 Å². The van der Waals surface area contributed by atoms with Crippen molar-refractivity contribution in [2.45, 2.75) is 18.2 Å². The summed E-state index contributed by atoms with van der Waals surface area (Å²) < 4.78 is 54.6. The minimum absolute atomic E-state index is 0.135. The standard InChI is InChI=1S/C19H17F2N3O2S/c1-2-13-6-9-15(10-7-13)27(25,26)24-14-8-11-18(22-12-14)23-19-16(20)4-3-5-17(19)21/h3-12,24H,2H2,1H3,(H,22,23). The van der Waals surface area contributed by atoms with Gasteiger partial charge in [-0.15, -0.1) is 0 Å². The molecule has 0 aliphatic heterocycles. The Balaban J connectivity index is 1.75. The SMILES string of the molecule is CCc1ccc(S(=O)(=O)Nc2ccc(Nc3c(F)cccc3F)nc2)cc1. The summed E-state index contributed by atoms with van der Waals surface area (Å²) in [6.07, 6.45) is 2.08. The Labute approximate surface area is 156 Å². The van der Waals surface area contributed by atoms with Crippen molar-refractivity contribution in [1.29, 1.82) is 0 Å². The number of pyridine rings is 1. The van der Waals surface area contributed by atoms with Crippen LogP contribution >= 0.6 is 0 Å². The number of nitrogens with zero attached hydrogens (tertiary/aromatic N) is 1. The van der Waals surface area contributed by atoms with Crippen molar-refractivity contribution in [1.82, 2.24) is 4.98 Å². The highest BCUT2D eigenvalue weighted by Gasteiger charge is 2.14. The summed E-state index contributed by atoms with van der Waals surface area (Å²) >= 11 is 0. The van der Waals surface area contributed by atoms with Crippen LogP contribution in [0.2, 0.25) is 0 Å². The number of benzene rings is 2. The molecule has 0 radical (unpaired) electrons. The lowest BCUT2D eigenvalue weighted by Crippen LogP contribution is -2.13. The second-order valence-corrected chi connectivity index (χ2v) is 7.44. The van der Waals surface area contributed by atoms with Crippen molar-refractivity contribution in [3.63, 3.8) is 0 Å². The van der Waals surface area contributed by atoms with E-state index in [0.29, 0.717) is 0 Å². The zero-order valence-corrected chi connectivity index (χ0v) is 15.2. The summed E-state index contributed by atoms with van der Waals surface area (Å²) in [7, 11) is -3.75. The van der Waals surface area contributed by atoms with Crippen molar-refractivity contribution in [3.05, 3.63) is 78.0 Å². The van der Waals surface area contributed by atoms with Gasteiger partial charge < -0.3 is 5.32 Å². The molecule has 3 aromatic rings. The fourth-order valence-corrected chi connectivity index (χ4v) is 3.44. The quantitative estimate of drug-likeness (QED) is 0.653. The number of halogens is 2. The average molecular weight is 389 g/mol. The molecule has 0 aliphatic rings. The molecule has 2 aromatic carbocycles. The summed E-state index contributed by atoms with van der Waals surface area (Å²) in [6.45, 7) is 1.98. The average Bonchev–Trinajstić information content (AvgIpc) is 2.66. The summed E-state index contributed by atoms with van der Waals surface area (Å²) in [6, 6.07) is 12.9. The first-order valence-corrected chi connectivity index (χ1v) is 9.66. The number of para-hydroxylation sites is 1. The maximum absolute atomic E-state index is 13.7. The molecule has 2 N–H and O–H groups in total. The highest BCUT2D eigenvalue weighted by atomic mass is 32.2. The van der Waals surface area contributed by atoms with Gasteiger partial charge in [0.15, 0.2) is 0 Å². The number of rotatable bonds is 6. The minimum atomic E-state index is -3.75. The lowest BCUT2D eigenvalue weighted by Gasteiger charge is -2.10. The maximum Gasteiger partial charge on any atom is 0.261 e. The van der Waals surface area contributed by atoms with Gasteiger partial charge in [0.2, 0.25) is 0 Å². The van der Waals surface area contributed by atoms with Crippen LogP contribution in [0.25, 0.3) is 0 Å². The van der Waals surface area contributed by atoms with Crippen LogP contribution in [0.1, 0.15) is 12.5 Å². The summed E-state index contributed by atoms with van der Waals surface area (Å²) in [5, 5.41) is 2.54. The van der Waals surface area contributed by atoms with Crippen molar-refractivity contribution in [2.75, 3.05) is 10.0 Å². The first-order chi connectivity index (χ1) is 12.9. The molecule has 1 heterocycles. The number of hydrogen-bond acceptors (Lipinski definition) is 4. The molecule has 3 rings (SSSR count). The number of anilines is 3. The molecule has 0 saturated carbocycles. The smallest absolute Gasteiger partial charge is 0.261 e. The third kappa shape index (κ3) is 4.40. The van der Waals surface area contributed by atoms with E-state index in [1.165, 1.54) is 36.5 Å². The molecule has 5 nitrogen and oxygen atoms in total. The number of hydrogen-bond donors (Lipinski definition) is 2. The molecule has 27 heavy (non-hydrogen) atoms. The van der Waals surface area contributed by atoms with Gasteiger partial charge in [0, 0.05) is 0 Å². The summed E-state index contributed by atoms with van der Waals surface area (Å²) in [5.41, 5.74) is 0.940. The molecule has 1 aromatic heterocycles. The second-order valence-electron chi connectivity index (χ2n) is 5.76. The van der Waals surface area contributed by atoms with E-state index in [1.54, 1.807) is 12.1 Å². The predicted octanol–water partition coefficient (Wildman–Crippen LogP) is 4.47. The zero-order chi connectivity index (χ0) is 19.4. The van der Waals surface area contributed by atoms with Gasteiger partial charge in [-0.2, -0.15) is 0 Å². The fourth-order valence-electron chi connectivity index (χ4n) is 2.39. The molecular formula is C19H17F2N3O2S. The lowest BCUT2D eigenvalue weighted by atomic mass is 10.2. The van der Waals surface area contributed by atoms with E-state index in [0.717, 1.165) is 24.1 Å². The largest absolute Gasteiger partial charge is 0.335 e. The van der Waals surface area contributed by atoms with Crippen LogP contribution in [0.3, 0.4) is 0 Å². The highest BCUT2D eigenvalue weighted by molar-refractivity contribution is 7.92. The van der Waals surface area contributed by atoms with E-state index < -0.39 is 21.7 Å². The Hall–Kier alpha value is -3.00. The van der Waals surface area contributed by atoms with Crippen LogP contribution in [0, 0.1) is 11.6 Å². The summed E-state index contributed by atoms with van der Waals surface area (Å²) in [4.78, 5) is 4.12. The molecule has 0 amide bonds. The molecule has 0 fully saturated rings. The molecule has 8 heteroatoms. The van der Waals surface area contributed by atoms with E-state index in [9.17, 15) is 17.2 Å². The molecule has 140 valence electrons. The van der Waals surface area contributed by atoms with Crippen LogP contribution < -0.4 is 10.0 Å². The third-order valence-corrected chi connectivity index (χ3v) is 5.27. The third-order valence-electron chi connectivity index (χ3n) is 3.87. The monoisotopic (exact) mass is 389 g/mol. The summed E-state index contributed by atoms with van der Waals surface area (Å²) in [5.74, 6) is -1.33. The molecule has 0 unspecified atom stereocenters. The molecular weight excluding hydrogens is 372 g/mol. The van der Waals surface area contributed by atoms with E-state index >= 15 is 0 Å². The Morgan fingerprint density at radius 3 is 2.19 bits per heavy atom. The predicted molar refractivity (Wildman–Crippen MR) is 101 cm³/mol. The molecule has 0 aliphatic carbocycles. The maximum atomic E-state index is 13.7. The molecule has 0 atom stereocenters. The minimum Gasteiger partial charge on any atom is -0.335 e. The van der Waals surface area contributed by atoms with Crippen LogP contribution in [0.15, 0.2) is 65.7 Å². The lowest BCUT2D eigenvalue weighted by molar-refractivity contribution is 0.590. The Kier molecular flexibility index (Phi) is 5.36. The number of nitrogens with one attached hydrogen (secondary N) is 2. The first-order valence-electron chi connectivity index (χ1n) is 8.18. The van der Waals surface area contributed by atoms with Gasteiger partial charge in [-0.3, -0.25) is 4.72 Å². The van der Waals surface area contributed by atoms with Gasteiger partial charge in [-0.1, -0.05) is 25.1 Å². The van der Waals surface area contributed by atoms with Gasteiger partial charge in [0.25, 0.3) is 10.0 Å². The van der Waals surface area contributed by atoms with Crippen molar-refractivity contribution >= 4 is 27.2 Å². The van der Waals surface area contributed by atoms with E-state index in [-0.39, 0.29) is 22.1 Å². The molecule has 0 spiro atoms. The highest BCUT2D eigenvalue weighted by Crippen LogP contribution is 2.23. The van der Waals surface area contributed by atoms with E-state index in [1.807, 2.05) is 6.92 Å². The second kappa shape index (κ2) is 7.71. The molecule has 0 saturated heterocycles. The fraction of sp³-hybridized carbons (Fsp3) is 0.105. The zero-order valence-electron chi connectivity index (χ0n) is 14.4. The van der Waals surface area contributed by atoms with Crippen molar-refractivity contribution in [3.8, 4) is 0 Å². The normalized spacial score (nSPS) is 11.2. The topological polar surface area (TPSA) is 71.1 Å². The first kappa shape index (κ1) is 18.8.